The third kappa shape index (κ3) is 4.92. The fraction of sp³-hybridized carbons (Fsp3) is 0.148. The van der Waals surface area contributed by atoms with Gasteiger partial charge in [-0.3, -0.25) is 9.48 Å². The van der Waals surface area contributed by atoms with Crippen LogP contribution in [0.25, 0.3) is 16.9 Å². The molecule has 3 aromatic heterocycles. The van der Waals surface area contributed by atoms with Gasteiger partial charge in [-0.25, -0.2) is 4.68 Å². The highest BCUT2D eigenvalue weighted by molar-refractivity contribution is 7.12. The quantitative estimate of drug-likeness (QED) is 0.295. The summed E-state index contributed by atoms with van der Waals surface area (Å²) in [5.41, 5.74) is 6.52. The van der Waals surface area contributed by atoms with Crippen LogP contribution < -0.4 is 5.32 Å². The summed E-state index contributed by atoms with van der Waals surface area (Å²) in [5.74, 6) is -0.112. The van der Waals surface area contributed by atoms with Gasteiger partial charge < -0.3 is 5.32 Å². The third-order valence-electron chi connectivity index (χ3n) is 5.80. The summed E-state index contributed by atoms with van der Waals surface area (Å²) >= 11 is 7.69. The summed E-state index contributed by atoms with van der Waals surface area (Å²) in [7, 11) is 0. The maximum absolute atomic E-state index is 13.0. The number of nitrogens with zero attached hydrogens (tertiary/aromatic N) is 4. The van der Waals surface area contributed by atoms with Crippen LogP contribution in [0, 0.1) is 13.8 Å². The van der Waals surface area contributed by atoms with Crippen LogP contribution in [0.4, 0.5) is 0 Å². The predicted octanol–water partition coefficient (Wildman–Crippen LogP) is 6.05. The molecule has 0 aliphatic rings. The van der Waals surface area contributed by atoms with Crippen molar-refractivity contribution in [1.29, 1.82) is 0 Å². The van der Waals surface area contributed by atoms with Gasteiger partial charge in [0.1, 0.15) is 0 Å². The minimum absolute atomic E-state index is 0.112. The largest absolute Gasteiger partial charge is 0.347 e. The van der Waals surface area contributed by atoms with Crippen LogP contribution in [0.15, 0.2) is 78.3 Å². The molecular formula is C27H24ClN5OS. The van der Waals surface area contributed by atoms with Crippen LogP contribution in [-0.2, 0) is 13.1 Å². The summed E-state index contributed by atoms with van der Waals surface area (Å²) in [4.78, 5) is 13.6. The second-order valence-corrected chi connectivity index (χ2v) is 9.58. The molecule has 2 aromatic carbocycles. The smallest absolute Gasteiger partial charge is 0.261 e. The number of nitrogens with one attached hydrogen (secondary N) is 1. The molecule has 176 valence electrons. The summed E-state index contributed by atoms with van der Waals surface area (Å²) in [5, 5.41) is 15.0. The van der Waals surface area contributed by atoms with E-state index in [1.165, 1.54) is 11.3 Å². The van der Waals surface area contributed by atoms with Crippen LogP contribution in [0.5, 0.6) is 0 Å². The minimum Gasteiger partial charge on any atom is -0.347 e. The van der Waals surface area contributed by atoms with E-state index in [4.69, 9.17) is 16.7 Å². The molecule has 5 aromatic rings. The number of para-hydroxylation sites is 1. The minimum atomic E-state index is -0.112. The Bertz CT molecular complexity index is 1470. The predicted molar refractivity (Wildman–Crippen MR) is 140 cm³/mol. The highest BCUT2D eigenvalue weighted by Crippen LogP contribution is 2.25. The number of thiophene rings is 1. The van der Waals surface area contributed by atoms with Crippen molar-refractivity contribution in [3.63, 3.8) is 0 Å². The van der Waals surface area contributed by atoms with E-state index in [2.05, 4.69) is 10.4 Å². The van der Waals surface area contributed by atoms with Crippen molar-refractivity contribution in [2.24, 2.45) is 0 Å². The number of rotatable bonds is 7. The average molecular weight is 502 g/mol. The van der Waals surface area contributed by atoms with Gasteiger partial charge >= 0.3 is 0 Å². The summed E-state index contributed by atoms with van der Waals surface area (Å²) in [6.07, 6.45) is 1.98. The standard InChI is InChI=1S/C27H24ClN5OS/c1-18-25(28)19(2)32(30-18)15-20-13-24(35-17-20)27(34)29-14-22-16-33(23-11-7-4-8-12-23)31-26(22)21-9-5-3-6-10-21/h3-13,16-17H,14-15H2,1-2H3,(H,29,34). The zero-order valence-electron chi connectivity index (χ0n) is 19.4. The first kappa shape index (κ1) is 23.1. The number of aromatic nitrogens is 4. The molecule has 0 saturated heterocycles. The summed E-state index contributed by atoms with van der Waals surface area (Å²) in [6, 6.07) is 21.9. The lowest BCUT2D eigenvalue weighted by atomic mass is 10.1. The molecule has 0 fully saturated rings. The van der Waals surface area contributed by atoms with Gasteiger partial charge in [-0.2, -0.15) is 10.2 Å². The Hall–Kier alpha value is -3.68. The van der Waals surface area contributed by atoms with Crippen LogP contribution >= 0.6 is 22.9 Å². The number of halogens is 1. The Morgan fingerprint density at radius 2 is 1.74 bits per heavy atom. The number of benzene rings is 2. The van der Waals surface area contributed by atoms with Crippen LogP contribution in [0.1, 0.15) is 32.2 Å². The van der Waals surface area contributed by atoms with E-state index in [-0.39, 0.29) is 5.91 Å². The normalized spacial score (nSPS) is 11.1. The van der Waals surface area contributed by atoms with E-state index in [1.807, 2.05) is 102 Å². The number of hydrogen-bond acceptors (Lipinski definition) is 4. The molecule has 0 spiro atoms. The molecule has 5 rings (SSSR count). The summed E-state index contributed by atoms with van der Waals surface area (Å²) in [6.45, 7) is 4.78. The second-order valence-electron chi connectivity index (χ2n) is 8.29. The molecule has 0 bridgehead atoms. The maximum atomic E-state index is 13.0. The number of amides is 1. The first-order valence-electron chi connectivity index (χ1n) is 11.2. The first-order valence-corrected chi connectivity index (χ1v) is 12.5. The fourth-order valence-corrected chi connectivity index (χ4v) is 4.89. The van der Waals surface area contributed by atoms with Gasteiger partial charge in [0.15, 0.2) is 0 Å². The van der Waals surface area contributed by atoms with Gasteiger partial charge in [0, 0.05) is 23.9 Å². The number of hydrogen-bond donors (Lipinski definition) is 1. The van der Waals surface area contributed by atoms with E-state index in [1.54, 1.807) is 0 Å². The number of carbonyl (C=O) groups is 1. The zero-order chi connectivity index (χ0) is 24.4. The third-order valence-corrected chi connectivity index (χ3v) is 7.33. The van der Waals surface area contributed by atoms with Crippen molar-refractivity contribution >= 4 is 28.8 Å². The highest BCUT2D eigenvalue weighted by Gasteiger charge is 2.16. The molecule has 35 heavy (non-hydrogen) atoms. The van der Waals surface area contributed by atoms with Crippen molar-refractivity contribution < 1.29 is 4.79 Å². The topological polar surface area (TPSA) is 64.7 Å². The Balaban J connectivity index is 1.33. The van der Waals surface area contributed by atoms with Crippen molar-refractivity contribution in [2.75, 3.05) is 0 Å². The second kappa shape index (κ2) is 9.90. The van der Waals surface area contributed by atoms with Gasteiger partial charge in [0.05, 0.1) is 39.2 Å². The van der Waals surface area contributed by atoms with Crippen LogP contribution in [0.3, 0.4) is 0 Å². The molecule has 3 heterocycles. The SMILES string of the molecule is Cc1nn(Cc2csc(C(=O)NCc3cn(-c4ccccc4)nc3-c3ccccc3)c2)c(C)c1Cl. The van der Waals surface area contributed by atoms with Crippen LogP contribution in [0.2, 0.25) is 5.02 Å². The van der Waals surface area contributed by atoms with Gasteiger partial charge in [-0.05, 0) is 43.0 Å². The van der Waals surface area contributed by atoms with Crippen molar-refractivity contribution in [2.45, 2.75) is 26.9 Å². The van der Waals surface area contributed by atoms with E-state index in [0.29, 0.717) is 23.0 Å². The molecular weight excluding hydrogens is 478 g/mol. The zero-order valence-corrected chi connectivity index (χ0v) is 21.0. The lowest BCUT2D eigenvalue weighted by Crippen LogP contribution is -2.22. The van der Waals surface area contributed by atoms with E-state index >= 15 is 0 Å². The van der Waals surface area contributed by atoms with Crippen molar-refractivity contribution in [3.8, 4) is 16.9 Å². The maximum Gasteiger partial charge on any atom is 0.261 e. The Labute approximate surface area is 212 Å². The molecule has 6 nitrogen and oxygen atoms in total. The monoisotopic (exact) mass is 501 g/mol. The van der Waals surface area contributed by atoms with Crippen molar-refractivity contribution in [1.82, 2.24) is 24.9 Å². The molecule has 0 atom stereocenters. The van der Waals surface area contributed by atoms with Gasteiger partial charge in [-0.15, -0.1) is 11.3 Å². The van der Waals surface area contributed by atoms with Gasteiger partial charge in [-0.1, -0.05) is 60.1 Å². The lowest BCUT2D eigenvalue weighted by Gasteiger charge is -2.05. The van der Waals surface area contributed by atoms with E-state index in [9.17, 15) is 4.79 Å². The molecule has 0 aliphatic heterocycles. The molecule has 1 amide bonds. The average Bonchev–Trinajstić information content (AvgIpc) is 3.59. The molecule has 0 saturated carbocycles. The first-order chi connectivity index (χ1) is 17.0. The number of carbonyl (C=O) groups excluding carboxylic acids is 1. The Morgan fingerprint density at radius 1 is 1.03 bits per heavy atom. The molecule has 0 aliphatic carbocycles. The van der Waals surface area contributed by atoms with E-state index in [0.717, 1.165) is 39.5 Å². The lowest BCUT2D eigenvalue weighted by molar-refractivity contribution is 0.0955. The van der Waals surface area contributed by atoms with E-state index < -0.39 is 0 Å². The van der Waals surface area contributed by atoms with Crippen molar-refractivity contribution in [3.05, 3.63) is 111 Å². The van der Waals surface area contributed by atoms with Crippen LogP contribution in [-0.4, -0.2) is 25.5 Å². The molecule has 8 heteroatoms. The molecule has 0 radical (unpaired) electrons. The number of aryl methyl sites for hydroxylation is 1. The molecule has 0 unspecified atom stereocenters. The fourth-order valence-electron chi connectivity index (χ4n) is 3.93. The van der Waals surface area contributed by atoms with Gasteiger partial charge in [0.25, 0.3) is 5.91 Å². The van der Waals surface area contributed by atoms with Gasteiger partial charge in [0.2, 0.25) is 0 Å². The highest BCUT2D eigenvalue weighted by atomic mass is 35.5. The molecule has 1 N–H and O–H groups in total. The summed E-state index contributed by atoms with van der Waals surface area (Å²) < 4.78 is 3.72. The Morgan fingerprint density at radius 3 is 2.43 bits per heavy atom. The Kier molecular flexibility index (Phi) is 6.53.